The number of amides is 1. The van der Waals surface area contributed by atoms with E-state index >= 15 is 0 Å². The summed E-state index contributed by atoms with van der Waals surface area (Å²) in [6.45, 7) is 4.02. The van der Waals surface area contributed by atoms with Crippen LogP contribution in [0.4, 0.5) is 5.69 Å². The Hall–Kier alpha value is -2.38. The molecule has 3 rings (SSSR count). The van der Waals surface area contributed by atoms with Crippen molar-refractivity contribution in [1.29, 1.82) is 0 Å². The Morgan fingerprint density at radius 1 is 1.09 bits per heavy atom. The van der Waals surface area contributed by atoms with Gasteiger partial charge in [0.15, 0.2) is 5.11 Å². The van der Waals surface area contributed by atoms with Gasteiger partial charge in [0.05, 0.1) is 11.7 Å². The number of hydrogen-bond donors (Lipinski definition) is 2. The van der Waals surface area contributed by atoms with Crippen molar-refractivity contribution >= 4 is 51.7 Å². The van der Waals surface area contributed by atoms with Crippen LogP contribution in [-0.2, 0) is 0 Å². The highest BCUT2D eigenvalue weighted by molar-refractivity contribution is 7.80. The zero-order chi connectivity index (χ0) is 16.4. The van der Waals surface area contributed by atoms with Gasteiger partial charge < -0.3 is 5.32 Å². The smallest absolute Gasteiger partial charge is 0.257 e. The van der Waals surface area contributed by atoms with Crippen molar-refractivity contribution in [3.63, 3.8) is 0 Å². The van der Waals surface area contributed by atoms with Gasteiger partial charge in [-0.05, 0) is 55.9 Å². The lowest BCUT2D eigenvalue weighted by Crippen LogP contribution is -2.34. The number of hydrogen-bond acceptors (Lipinski definition) is 5. The van der Waals surface area contributed by atoms with Crippen LogP contribution in [0.25, 0.3) is 11.0 Å². The summed E-state index contributed by atoms with van der Waals surface area (Å²) in [6.07, 6.45) is 0. The van der Waals surface area contributed by atoms with Gasteiger partial charge in [0.1, 0.15) is 11.0 Å². The minimum absolute atomic E-state index is 0.262. The van der Waals surface area contributed by atoms with Gasteiger partial charge >= 0.3 is 0 Å². The van der Waals surface area contributed by atoms with Crippen LogP contribution in [0.3, 0.4) is 0 Å². The second-order valence-electron chi connectivity index (χ2n) is 5.19. The number of carbonyl (C=O) groups excluding carboxylic acids is 1. The molecule has 0 bridgehead atoms. The molecule has 1 amide bonds. The Kier molecular flexibility index (Phi) is 4.31. The van der Waals surface area contributed by atoms with Gasteiger partial charge in [-0.3, -0.25) is 10.1 Å². The molecule has 0 saturated heterocycles. The minimum Gasteiger partial charge on any atom is -0.332 e. The highest BCUT2D eigenvalue weighted by Crippen LogP contribution is 2.16. The third kappa shape index (κ3) is 3.52. The Morgan fingerprint density at radius 3 is 2.65 bits per heavy atom. The van der Waals surface area contributed by atoms with Gasteiger partial charge in [-0.2, -0.15) is 8.75 Å². The van der Waals surface area contributed by atoms with E-state index in [1.54, 1.807) is 18.2 Å². The third-order valence-electron chi connectivity index (χ3n) is 3.37. The molecule has 23 heavy (non-hydrogen) atoms. The molecule has 0 aliphatic rings. The van der Waals surface area contributed by atoms with Crippen molar-refractivity contribution in [3.05, 3.63) is 53.1 Å². The molecule has 0 aliphatic carbocycles. The molecule has 1 heterocycles. The number of nitrogens with zero attached hydrogens (tertiary/aromatic N) is 2. The molecule has 0 unspecified atom stereocenters. The van der Waals surface area contributed by atoms with Gasteiger partial charge in [0.25, 0.3) is 5.91 Å². The Bertz CT molecular complexity index is 904. The van der Waals surface area contributed by atoms with Gasteiger partial charge in [-0.1, -0.05) is 17.7 Å². The first-order valence-electron chi connectivity index (χ1n) is 6.95. The van der Waals surface area contributed by atoms with Gasteiger partial charge in [-0.25, -0.2) is 0 Å². The molecular formula is C16H14N4OS2. The van der Waals surface area contributed by atoms with Crippen molar-refractivity contribution in [2.24, 2.45) is 0 Å². The fourth-order valence-corrected chi connectivity index (χ4v) is 2.93. The van der Waals surface area contributed by atoms with Crippen LogP contribution < -0.4 is 10.6 Å². The number of fused-ring (bicyclic) bond motifs is 1. The Morgan fingerprint density at radius 2 is 1.87 bits per heavy atom. The molecular weight excluding hydrogens is 328 g/mol. The van der Waals surface area contributed by atoms with E-state index in [4.69, 9.17) is 12.2 Å². The van der Waals surface area contributed by atoms with Crippen molar-refractivity contribution in [2.45, 2.75) is 13.8 Å². The van der Waals surface area contributed by atoms with E-state index in [9.17, 15) is 4.79 Å². The molecule has 0 atom stereocenters. The van der Waals surface area contributed by atoms with E-state index in [0.29, 0.717) is 11.1 Å². The van der Waals surface area contributed by atoms with Crippen molar-refractivity contribution < 1.29 is 4.79 Å². The second kappa shape index (κ2) is 6.39. The van der Waals surface area contributed by atoms with Crippen molar-refractivity contribution in [3.8, 4) is 0 Å². The minimum atomic E-state index is -0.276. The number of rotatable bonds is 2. The SMILES string of the molecule is Cc1ccc(NC(=S)NC(=O)c2ccc3nsnc3c2)c(C)c1. The topological polar surface area (TPSA) is 66.9 Å². The lowest BCUT2D eigenvalue weighted by Gasteiger charge is -2.12. The number of aromatic nitrogens is 2. The van der Waals surface area contributed by atoms with Gasteiger partial charge in [0.2, 0.25) is 0 Å². The predicted molar refractivity (Wildman–Crippen MR) is 97.0 cm³/mol. The molecule has 0 aliphatic heterocycles. The first-order valence-corrected chi connectivity index (χ1v) is 8.09. The van der Waals surface area contributed by atoms with Crippen LogP contribution in [-0.4, -0.2) is 19.8 Å². The summed E-state index contributed by atoms with van der Waals surface area (Å²) in [5.74, 6) is -0.276. The molecule has 5 nitrogen and oxygen atoms in total. The summed E-state index contributed by atoms with van der Waals surface area (Å²) in [5.41, 5.74) is 5.10. The van der Waals surface area contributed by atoms with Crippen LogP contribution in [0.5, 0.6) is 0 Å². The molecule has 3 aromatic rings. The largest absolute Gasteiger partial charge is 0.332 e. The summed E-state index contributed by atoms with van der Waals surface area (Å²) < 4.78 is 8.24. The zero-order valence-corrected chi connectivity index (χ0v) is 14.2. The van der Waals surface area contributed by atoms with Gasteiger partial charge in [-0.15, -0.1) is 0 Å². The highest BCUT2D eigenvalue weighted by atomic mass is 32.1. The summed E-state index contributed by atoms with van der Waals surface area (Å²) in [5, 5.41) is 5.99. The first kappa shape index (κ1) is 15.5. The second-order valence-corrected chi connectivity index (χ2v) is 6.13. The fraction of sp³-hybridized carbons (Fsp3) is 0.125. The maximum atomic E-state index is 12.3. The van der Waals surface area contributed by atoms with Crippen LogP contribution >= 0.6 is 23.9 Å². The Labute approximate surface area is 143 Å². The molecule has 0 fully saturated rings. The first-order chi connectivity index (χ1) is 11.0. The summed E-state index contributed by atoms with van der Waals surface area (Å²) in [7, 11) is 0. The maximum absolute atomic E-state index is 12.3. The van der Waals surface area contributed by atoms with Crippen LogP contribution in [0.15, 0.2) is 36.4 Å². The predicted octanol–water partition coefficient (Wildman–Crippen LogP) is 3.43. The van der Waals surface area contributed by atoms with Crippen LogP contribution in [0.1, 0.15) is 21.5 Å². The number of carbonyl (C=O) groups is 1. The molecule has 2 aromatic carbocycles. The molecule has 0 spiro atoms. The average molecular weight is 342 g/mol. The third-order valence-corrected chi connectivity index (χ3v) is 4.13. The van der Waals surface area contributed by atoms with E-state index in [1.807, 2.05) is 26.0 Å². The quantitative estimate of drug-likeness (QED) is 0.699. The molecule has 116 valence electrons. The number of thiocarbonyl (C=S) groups is 1. The molecule has 7 heteroatoms. The van der Waals surface area contributed by atoms with E-state index in [0.717, 1.165) is 28.5 Å². The number of benzene rings is 2. The zero-order valence-electron chi connectivity index (χ0n) is 12.6. The summed E-state index contributed by atoms with van der Waals surface area (Å²) in [4.78, 5) is 12.3. The van der Waals surface area contributed by atoms with Crippen LogP contribution in [0.2, 0.25) is 0 Å². The Balaban J connectivity index is 1.70. The monoisotopic (exact) mass is 342 g/mol. The number of nitrogens with one attached hydrogen (secondary N) is 2. The van der Waals surface area contributed by atoms with Gasteiger partial charge in [0, 0.05) is 11.3 Å². The summed E-state index contributed by atoms with van der Waals surface area (Å²) >= 11 is 6.34. The molecule has 1 aromatic heterocycles. The lowest BCUT2D eigenvalue weighted by molar-refractivity contribution is 0.0978. The molecule has 2 N–H and O–H groups in total. The van der Waals surface area contributed by atoms with E-state index in [-0.39, 0.29) is 11.0 Å². The normalized spacial score (nSPS) is 10.5. The molecule has 0 radical (unpaired) electrons. The summed E-state index contributed by atoms with van der Waals surface area (Å²) in [6, 6.07) is 11.2. The maximum Gasteiger partial charge on any atom is 0.257 e. The van der Waals surface area contributed by atoms with E-state index in [1.165, 1.54) is 5.56 Å². The highest BCUT2D eigenvalue weighted by Gasteiger charge is 2.10. The average Bonchev–Trinajstić information content (AvgIpc) is 2.97. The van der Waals surface area contributed by atoms with Crippen molar-refractivity contribution in [1.82, 2.24) is 14.1 Å². The van der Waals surface area contributed by atoms with E-state index < -0.39 is 0 Å². The van der Waals surface area contributed by atoms with Crippen molar-refractivity contribution in [2.75, 3.05) is 5.32 Å². The van der Waals surface area contributed by atoms with Crippen LogP contribution in [0, 0.1) is 13.8 Å². The standard InChI is InChI=1S/C16H14N4OS2/c1-9-3-5-12(10(2)7-9)17-16(22)18-15(21)11-4-6-13-14(8-11)20-23-19-13/h3-8H,1-2H3,(H2,17,18,21,22). The fourth-order valence-electron chi connectivity index (χ4n) is 2.21. The van der Waals surface area contributed by atoms with E-state index in [2.05, 4.69) is 25.4 Å². The number of anilines is 1. The number of aryl methyl sites for hydroxylation is 2. The lowest BCUT2D eigenvalue weighted by atomic mass is 10.1. The molecule has 0 saturated carbocycles.